The van der Waals surface area contributed by atoms with Gasteiger partial charge in [-0.05, 0) is 6.92 Å². The van der Waals surface area contributed by atoms with Gasteiger partial charge in [0, 0.05) is 5.88 Å². The average Bonchev–Trinajstić information content (AvgIpc) is 2.39. The molecule has 0 aliphatic heterocycles. The van der Waals surface area contributed by atoms with Crippen LogP contribution in [-0.4, -0.2) is 70.9 Å². The molecule has 0 aliphatic rings. The normalized spacial score (nSPS) is 12.8. The van der Waals surface area contributed by atoms with E-state index in [4.69, 9.17) is 46.9 Å². The van der Waals surface area contributed by atoms with Gasteiger partial charge < -0.3 is 23.7 Å². The molecule has 0 aromatic carbocycles. The number of hydrogen-bond acceptors (Lipinski definition) is 5. The van der Waals surface area contributed by atoms with Gasteiger partial charge in [0.1, 0.15) is 5.56 Å². The molecule has 0 unspecified atom stereocenters. The van der Waals surface area contributed by atoms with Crippen LogP contribution in [0.1, 0.15) is 6.92 Å². The Bertz CT molecular complexity index is 172. The van der Waals surface area contributed by atoms with Crippen LogP contribution in [0, 0.1) is 0 Å². The number of halogens is 2. The zero-order chi connectivity index (χ0) is 14.2. The molecule has 7 heteroatoms. The lowest BCUT2D eigenvalue weighted by atomic mass is 10.7. The molecule has 0 spiro atoms. The molecular formula is C12H24Cl2O5. The van der Waals surface area contributed by atoms with Crippen LogP contribution in [0.2, 0.25) is 0 Å². The number of hydrogen-bond donors (Lipinski definition) is 0. The summed E-state index contributed by atoms with van der Waals surface area (Å²) in [6.07, 6.45) is 0. The molecule has 0 aromatic rings. The smallest absolute Gasteiger partial charge is 0.128 e. The summed E-state index contributed by atoms with van der Waals surface area (Å²) in [5, 5.41) is 0. The first-order chi connectivity index (χ1) is 9.27. The SMILES string of the molecule is C[C@H](Cl)OCCOCCOCCOCCOCCCl. The maximum Gasteiger partial charge on any atom is 0.128 e. The molecule has 0 N–H and O–H groups in total. The molecule has 0 aromatic heterocycles. The van der Waals surface area contributed by atoms with Crippen molar-refractivity contribution in [1.29, 1.82) is 0 Å². The lowest BCUT2D eigenvalue weighted by Crippen LogP contribution is -2.14. The summed E-state index contributed by atoms with van der Waals surface area (Å²) in [4.78, 5) is 0. The maximum absolute atomic E-state index is 5.60. The lowest BCUT2D eigenvalue weighted by molar-refractivity contribution is -0.0116. The summed E-state index contributed by atoms with van der Waals surface area (Å²) in [6, 6.07) is 0. The van der Waals surface area contributed by atoms with E-state index < -0.39 is 0 Å². The van der Waals surface area contributed by atoms with E-state index in [-0.39, 0.29) is 5.56 Å². The van der Waals surface area contributed by atoms with Crippen LogP contribution in [-0.2, 0) is 23.7 Å². The Morgan fingerprint density at radius 2 is 1.05 bits per heavy atom. The van der Waals surface area contributed by atoms with Gasteiger partial charge in [0.15, 0.2) is 0 Å². The van der Waals surface area contributed by atoms with E-state index in [2.05, 4.69) is 0 Å². The van der Waals surface area contributed by atoms with Gasteiger partial charge in [-0.1, -0.05) is 11.6 Å². The first-order valence-corrected chi connectivity index (χ1v) is 7.37. The van der Waals surface area contributed by atoms with Crippen LogP contribution >= 0.6 is 23.2 Å². The minimum atomic E-state index is -0.273. The highest BCUT2D eigenvalue weighted by atomic mass is 35.5. The lowest BCUT2D eigenvalue weighted by Gasteiger charge is -2.08. The van der Waals surface area contributed by atoms with Gasteiger partial charge >= 0.3 is 0 Å². The Morgan fingerprint density at radius 3 is 1.42 bits per heavy atom. The molecule has 0 bridgehead atoms. The Balaban J connectivity index is 2.91. The van der Waals surface area contributed by atoms with Crippen molar-refractivity contribution in [3.63, 3.8) is 0 Å². The van der Waals surface area contributed by atoms with E-state index >= 15 is 0 Å². The Labute approximate surface area is 125 Å². The predicted octanol–water partition coefficient (Wildman–Crippen LogP) is 1.89. The Morgan fingerprint density at radius 1 is 0.684 bits per heavy atom. The molecule has 0 rings (SSSR count). The van der Waals surface area contributed by atoms with Gasteiger partial charge in [0.25, 0.3) is 0 Å². The van der Waals surface area contributed by atoms with Crippen molar-refractivity contribution in [2.75, 3.05) is 65.3 Å². The third-order valence-electron chi connectivity index (χ3n) is 1.91. The van der Waals surface area contributed by atoms with Crippen molar-refractivity contribution >= 4 is 23.2 Å². The van der Waals surface area contributed by atoms with Crippen LogP contribution in [0.5, 0.6) is 0 Å². The molecule has 0 aliphatic carbocycles. The third kappa shape index (κ3) is 18.4. The van der Waals surface area contributed by atoms with Gasteiger partial charge in [-0.25, -0.2) is 0 Å². The second-order valence-corrected chi connectivity index (χ2v) is 4.54. The second kappa shape index (κ2) is 16.4. The summed E-state index contributed by atoms with van der Waals surface area (Å²) in [6.45, 7) is 6.66. The molecule has 116 valence electrons. The molecule has 0 heterocycles. The fourth-order valence-electron chi connectivity index (χ4n) is 1.09. The number of ether oxygens (including phenoxy) is 5. The molecule has 5 nitrogen and oxygen atoms in total. The number of alkyl halides is 2. The number of rotatable bonds is 15. The van der Waals surface area contributed by atoms with E-state index in [1.165, 1.54) is 0 Å². The van der Waals surface area contributed by atoms with Crippen molar-refractivity contribution in [1.82, 2.24) is 0 Å². The molecule has 0 radical (unpaired) electrons. The van der Waals surface area contributed by atoms with E-state index in [9.17, 15) is 0 Å². The van der Waals surface area contributed by atoms with Gasteiger partial charge in [-0.2, -0.15) is 0 Å². The minimum absolute atomic E-state index is 0.273. The fourth-order valence-corrected chi connectivity index (χ4v) is 1.28. The summed E-state index contributed by atoms with van der Waals surface area (Å²) in [5.41, 5.74) is -0.273. The summed E-state index contributed by atoms with van der Waals surface area (Å²) < 4.78 is 26.1. The predicted molar refractivity (Wildman–Crippen MR) is 75.3 cm³/mol. The van der Waals surface area contributed by atoms with Gasteiger partial charge in [0.2, 0.25) is 0 Å². The molecular weight excluding hydrogens is 295 g/mol. The van der Waals surface area contributed by atoms with Crippen LogP contribution in [0.4, 0.5) is 0 Å². The van der Waals surface area contributed by atoms with Gasteiger partial charge in [0.05, 0.1) is 59.5 Å². The largest absolute Gasteiger partial charge is 0.378 e. The van der Waals surface area contributed by atoms with Crippen molar-refractivity contribution < 1.29 is 23.7 Å². The maximum atomic E-state index is 5.60. The second-order valence-electron chi connectivity index (χ2n) is 3.55. The van der Waals surface area contributed by atoms with Crippen LogP contribution < -0.4 is 0 Å². The molecule has 0 saturated carbocycles. The first-order valence-electron chi connectivity index (χ1n) is 6.40. The third-order valence-corrected chi connectivity index (χ3v) is 2.19. The zero-order valence-corrected chi connectivity index (χ0v) is 13.0. The quantitative estimate of drug-likeness (QED) is 0.341. The van der Waals surface area contributed by atoms with E-state index in [1.54, 1.807) is 6.92 Å². The van der Waals surface area contributed by atoms with Crippen LogP contribution in [0.3, 0.4) is 0 Å². The molecule has 0 amide bonds. The van der Waals surface area contributed by atoms with Crippen LogP contribution in [0.25, 0.3) is 0 Å². The zero-order valence-electron chi connectivity index (χ0n) is 11.4. The highest BCUT2D eigenvalue weighted by molar-refractivity contribution is 6.19. The van der Waals surface area contributed by atoms with Crippen LogP contribution in [0.15, 0.2) is 0 Å². The highest BCUT2D eigenvalue weighted by Gasteiger charge is 1.95. The van der Waals surface area contributed by atoms with E-state index in [1.807, 2.05) is 0 Å². The minimum Gasteiger partial charge on any atom is -0.378 e. The topological polar surface area (TPSA) is 46.2 Å². The van der Waals surface area contributed by atoms with Crippen molar-refractivity contribution in [3.8, 4) is 0 Å². The molecule has 1 atom stereocenters. The summed E-state index contributed by atoms with van der Waals surface area (Å²) in [7, 11) is 0. The average molecular weight is 319 g/mol. The highest BCUT2D eigenvalue weighted by Crippen LogP contribution is 1.94. The van der Waals surface area contributed by atoms with Gasteiger partial charge in [-0.3, -0.25) is 0 Å². The van der Waals surface area contributed by atoms with E-state index in [0.29, 0.717) is 65.3 Å². The Hall–Kier alpha value is 0.380. The molecule has 0 saturated heterocycles. The Kier molecular flexibility index (Phi) is 16.8. The van der Waals surface area contributed by atoms with Gasteiger partial charge in [-0.15, -0.1) is 11.6 Å². The standard InChI is InChI=1S/C12H24Cl2O5/c1-12(14)19-11-10-18-9-8-17-7-6-16-5-4-15-3-2-13/h12H,2-11H2,1H3/t12-/m1/s1. The van der Waals surface area contributed by atoms with Crippen molar-refractivity contribution in [2.24, 2.45) is 0 Å². The fraction of sp³-hybridized carbons (Fsp3) is 1.00. The van der Waals surface area contributed by atoms with E-state index in [0.717, 1.165) is 0 Å². The summed E-state index contributed by atoms with van der Waals surface area (Å²) >= 11 is 11.0. The monoisotopic (exact) mass is 318 g/mol. The summed E-state index contributed by atoms with van der Waals surface area (Å²) in [5.74, 6) is 0.512. The molecule has 19 heavy (non-hydrogen) atoms. The van der Waals surface area contributed by atoms with Crippen molar-refractivity contribution in [2.45, 2.75) is 12.5 Å². The first kappa shape index (κ1) is 19.4. The van der Waals surface area contributed by atoms with Crippen molar-refractivity contribution in [3.05, 3.63) is 0 Å². The molecule has 0 fully saturated rings.